The van der Waals surface area contributed by atoms with Crippen molar-refractivity contribution in [2.75, 3.05) is 12.4 Å². The molecule has 0 bridgehead atoms. The Bertz CT molecular complexity index is 1010. The highest BCUT2D eigenvalue weighted by atomic mass is 32.1. The maximum absolute atomic E-state index is 12.3. The van der Waals surface area contributed by atoms with Crippen LogP contribution in [0.15, 0.2) is 47.3 Å². The third-order valence-electron chi connectivity index (χ3n) is 3.33. The summed E-state index contributed by atoms with van der Waals surface area (Å²) in [5.41, 5.74) is 1.26. The van der Waals surface area contributed by atoms with Crippen molar-refractivity contribution in [3.63, 3.8) is 0 Å². The second-order valence-electron chi connectivity index (χ2n) is 4.85. The van der Waals surface area contributed by atoms with Gasteiger partial charge in [0.25, 0.3) is 11.5 Å². The first-order chi connectivity index (χ1) is 11.1. The molecule has 0 spiro atoms. The van der Waals surface area contributed by atoms with Gasteiger partial charge in [-0.25, -0.2) is 0 Å². The summed E-state index contributed by atoms with van der Waals surface area (Å²) < 4.78 is 5.34. The minimum Gasteiger partial charge on any atom is -0.497 e. The molecule has 1 heterocycles. The Morgan fingerprint density at radius 2 is 2.00 bits per heavy atom. The van der Waals surface area contributed by atoms with Crippen molar-refractivity contribution in [1.29, 1.82) is 0 Å². The molecule has 3 aromatic rings. The molecule has 3 N–H and O–H groups in total. The van der Waals surface area contributed by atoms with E-state index < -0.39 is 0 Å². The molecule has 0 aliphatic rings. The molecule has 0 atom stereocenters. The Morgan fingerprint density at radius 3 is 2.78 bits per heavy atom. The fourth-order valence-corrected chi connectivity index (χ4v) is 2.42. The standard InChI is InChI=1S/C16H13N3O3S/c1-22-11-4-2-3-10(8-11)17-14(20)9-5-6-12-13(7-9)18-16(23)19-15(12)21/h2-8H,1H3,(H,17,20)(H2,18,19,21,23). The van der Waals surface area contributed by atoms with Crippen LogP contribution in [0.4, 0.5) is 5.69 Å². The number of methoxy groups -OCH3 is 1. The first-order valence-corrected chi connectivity index (χ1v) is 7.19. The lowest BCUT2D eigenvalue weighted by atomic mass is 10.1. The summed E-state index contributed by atoms with van der Waals surface area (Å²) in [6.45, 7) is 0. The zero-order valence-electron chi connectivity index (χ0n) is 12.2. The van der Waals surface area contributed by atoms with Gasteiger partial charge in [-0.2, -0.15) is 0 Å². The number of aromatic amines is 2. The van der Waals surface area contributed by atoms with Gasteiger partial charge in [0, 0.05) is 17.3 Å². The van der Waals surface area contributed by atoms with Crippen molar-refractivity contribution in [1.82, 2.24) is 9.97 Å². The Balaban J connectivity index is 1.94. The zero-order chi connectivity index (χ0) is 16.4. The van der Waals surface area contributed by atoms with Crippen molar-refractivity contribution >= 4 is 34.7 Å². The summed E-state index contributed by atoms with van der Waals surface area (Å²) in [6.07, 6.45) is 0. The molecule has 0 saturated heterocycles. The van der Waals surface area contributed by atoms with Gasteiger partial charge >= 0.3 is 0 Å². The van der Waals surface area contributed by atoms with Gasteiger partial charge in [-0.15, -0.1) is 0 Å². The molecule has 0 unspecified atom stereocenters. The highest BCUT2D eigenvalue weighted by Gasteiger charge is 2.09. The molecule has 2 aromatic carbocycles. The Hall–Kier alpha value is -2.93. The Labute approximate surface area is 136 Å². The van der Waals surface area contributed by atoms with Crippen LogP contribution in [0.3, 0.4) is 0 Å². The van der Waals surface area contributed by atoms with Gasteiger partial charge in [0.1, 0.15) is 5.75 Å². The first kappa shape index (κ1) is 15.0. The van der Waals surface area contributed by atoms with Crippen LogP contribution >= 0.6 is 12.2 Å². The SMILES string of the molecule is COc1cccc(NC(=O)c2ccc3c(=O)[nH]c(=S)[nH]c3c2)c1. The van der Waals surface area contributed by atoms with Crippen LogP contribution in [0.25, 0.3) is 10.9 Å². The quantitative estimate of drug-likeness (QED) is 0.646. The summed E-state index contributed by atoms with van der Waals surface area (Å²) >= 11 is 4.94. The lowest BCUT2D eigenvalue weighted by molar-refractivity contribution is 0.102. The molecule has 0 radical (unpaired) electrons. The summed E-state index contributed by atoms with van der Waals surface area (Å²) in [6, 6.07) is 11.8. The van der Waals surface area contributed by atoms with E-state index in [0.717, 1.165) is 0 Å². The number of benzene rings is 2. The molecule has 23 heavy (non-hydrogen) atoms. The van der Waals surface area contributed by atoms with E-state index >= 15 is 0 Å². The van der Waals surface area contributed by atoms with Gasteiger partial charge < -0.3 is 15.0 Å². The third kappa shape index (κ3) is 3.14. The maximum Gasteiger partial charge on any atom is 0.259 e. The average Bonchev–Trinajstić information content (AvgIpc) is 2.54. The number of H-pyrrole nitrogens is 2. The lowest BCUT2D eigenvalue weighted by Gasteiger charge is -2.07. The minimum atomic E-state index is -0.292. The zero-order valence-corrected chi connectivity index (χ0v) is 13.0. The monoisotopic (exact) mass is 327 g/mol. The predicted molar refractivity (Wildman–Crippen MR) is 90.7 cm³/mol. The van der Waals surface area contributed by atoms with Gasteiger partial charge in [-0.1, -0.05) is 6.07 Å². The van der Waals surface area contributed by atoms with Crippen molar-refractivity contribution < 1.29 is 9.53 Å². The van der Waals surface area contributed by atoms with E-state index in [9.17, 15) is 9.59 Å². The summed E-state index contributed by atoms with van der Waals surface area (Å²) in [7, 11) is 1.56. The van der Waals surface area contributed by atoms with E-state index in [4.69, 9.17) is 17.0 Å². The lowest BCUT2D eigenvalue weighted by Crippen LogP contribution is -2.13. The number of ether oxygens (including phenoxy) is 1. The summed E-state index contributed by atoms with van der Waals surface area (Å²) in [4.78, 5) is 29.5. The van der Waals surface area contributed by atoms with Crippen LogP contribution in [0.2, 0.25) is 0 Å². The molecule has 0 saturated carbocycles. The smallest absolute Gasteiger partial charge is 0.259 e. The second kappa shape index (κ2) is 6.05. The third-order valence-corrected chi connectivity index (χ3v) is 3.53. The van der Waals surface area contributed by atoms with Crippen LogP contribution in [-0.4, -0.2) is 23.0 Å². The largest absolute Gasteiger partial charge is 0.497 e. The van der Waals surface area contributed by atoms with Crippen LogP contribution < -0.4 is 15.6 Å². The Morgan fingerprint density at radius 1 is 1.17 bits per heavy atom. The molecule has 116 valence electrons. The highest BCUT2D eigenvalue weighted by Crippen LogP contribution is 2.18. The van der Waals surface area contributed by atoms with E-state index in [1.54, 1.807) is 49.6 Å². The second-order valence-corrected chi connectivity index (χ2v) is 5.26. The van der Waals surface area contributed by atoms with Crippen molar-refractivity contribution in [3.05, 3.63) is 63.2 Å². The van der Waals surface area contributed by atoms with E-state index in [1.807, 2.05) is 0 Å². The number of hydrogen-bond donors (Lipinski definition) is 3. The van der Waals surface area contributed by atoms with Gasteiger partial charge in [0.05, 0.1) is 18.0 Å². The van der Waals surface area contributed by atoms with E-state index in [2.05, 4.69) is 15.3 Å². The van der Waals surface area contributed by atoms with Gasteiger partial charge in [0.2, 0.25) is 0 Å². The maximum atomic E-state index is 12.3. The van der Waals surface area contributed by atoms with Crippen LogP contribution in [0, 0.1) is 4.77 Å². The number of amides is 1. The van der Waals surface area contributed by atoms with Crippen LogP contribution in [0.1, 0.15) is 10.4 Å². The molecule has 1 amide bonds. The van der Waals surface area contributed by atoms with Gasteiger partial charge in [0.15, 0.2) is 4.77 Å². The summed E-state index contributed by atoms with van der Waals surface area (Å²) in [5, 5.41) is 3.22. The van der Waals surface area contributed by atoms with Gasteiger partial charge in [-0.3, -0.25) is 14.6 Å². The number of hydrogen-bond acceptors (Lipinski definition) is 4. The number of nitrogens with one attached hydrogen (secondary N) is 3. The molecule has 7 heteroatoms. The number of fused-ring (bicyclic) bond motifs is 1. The van der Waals surface area contributed by atoms with Crippen LogP contribution in [0.5, 0.6) is 5.75 Å². The first-order valence-electron chi connectivity index (χ1n) is 6.78. The number of aromatic nitrogens is 2. The van der Waals surface area contributed by atoms with Crippen LogP contribution in [-0.2, 0) is 0 Å². The van der Waals surface area contributed by atoms with Crippen molar-refractivity contribution in [2.24, 2.45) is 0 Å². The Kier molecular flexibility index (Phi) is 3.94. The number of anilines is 1. The van der Waals surface area contributed by atoms with E-state index in [-0.39, 0.29) is 16.2 Å². The molecule has 0 aliphatic heterocycles. The van der Waals surface area contributed by atoms with E-state index in [0.29, 0.717) is 27.9 Å². The average molecular weight is 327 g/mol. The molecule has 6 nitrogen and oxygen atoms in total. The fourth-order valence-electron chi connectivity index (χ4n) is 2.22. The number of carbonyl (C=O) groups is 1. The number of carbonyl (C=O) groups excluding carboxylic acids is 1. The molecule has 3 rings (SSSR count). The van der Waals surface area contributed by atoms with Crippen molar-refractivity contribution in [2.45, 2.75) is 0 Å². The predicted octanol–water partition coefficient (Wildman–Crippen LogP) is 2.85. The summed E-state index contributed by atoms with van der Waals surface area (Å²) in [5.74, 6) is 0.358. The van der Waals surface area contributed by atoms with Gasteiger partial charge in [-0.05, 0) is 42.5 Å². The topological polar surface area (TPSA) is 87.0 Å². The van der Waals surface area contributed by atoms with Crippen molar-refractivity contribution in [3.8, 4) is 5.75 Å². The molecule has 1 aromatic heterocycles. The van der Waals surface area contributed by atoms with E-state index in [1.165, 1.54) is 0 Å². The fraction of sp³-hybridized carbons (Fsp3) is 0.0625. The minimum absolute atomic E-state index is 0.216. The molecular formula is C16H13N3O3S. The molecular weight excluding hydrogens is 314 g/mol. The molecule has 0 fully saturated rings. The molecule has 0 aliphatic carbocycles. The normalized spacial score (nSPS) is 10.5. The highest BCUT2D eigenvalue weighted by molar-refractivity contribution is 7.71. The number of rotatable bonds is 3.